The number of methoxy groups -OCH3 is 1. The van der Waals surface area contributed by atoms with Crippen LogP contribution in [0.1, 0.15) is 18.6 Å². The number of anilines is 1. The average molecular weight is 227 g/mol. The Labute approximate surface area is 91.8 Å². The highest BCUT2D eigenvalue weighted by atomic mass is 35.5. The van der Waals surface area contributed by atoms with Gasteiger partial charge in [-0.3, -0.25) is 0 Å². The van der Waals surface area contributed by atoms with Crippen LogP contribution in [-0.4, -0.2) is 21.7 Å². The molecule has 80 valence electrons. The fourth-order valence-corrected chi connectivity index (χ4v) is 1.64. The molecule has 0 aliphatic rings. The number of hydrogen-bond acceptors (Lipinski definition) is 4. The van der Waals surface area contributed by atoms with Crippen molar-refractivity contribution in [2.75, 3.05) is 12.8 Å². The molecule has 0 fully saturated rings. The van der Waals surface area contributed by atoms with Gasteiger partial charge >= 0.3 is 0 Å². The van der Waals surface area contributed by atoms with E-state index < -0.39 is 0 Å². The topological polar surface area (TPSA) is 65.4 Å². The van der Waals surface area contributed by atoms with Crippen molar-refractivity contribution in [1.82, 2.24) is 14.6 Å². The fraction of sp³-hybridized carbons (Fsp3) is 0.333. The van der Waals surface area contributed by atoms with Crippen molar-refractivity contribution in [3.8, 4) is 0 Å². The van der Waals surface area contributed by atoms with Crippen molar-refractivity contribution < 1.29 is 4.74 Å². The zero-order valence-electron chi connectivity index (χ0n) is 8.44. The molecule has 2 N–H and O–H groups in total. The van der Waals surface area contributed by atoms with E-state index in [9.17, 15) is 0 Å². The third kappa shape index (κ3) is 1.64. The highest BCUT2D eigenvalue weighted by Gasteiger charge is 2.15. The first kappa shape index (κ1) is 10.2. The molecule has 0 amide bonds. The third-order valence-electron chi connectivity index (χ3n) is 2.29. The molecule has 1 unspecified atom stereocenters. The van der Waals surface area contributed by atoms with Gasteiger partial charge < -0.3 is 10.5 Å². The molecule has 6 heteroatoms. The molecule has 2 rings (SSSR count). The maximum Gasteiger partial charge on any atom is 0.163 e. The number of nitrogens with zero attached hydrogens (tertiary/aromatic N) is 3. The van der Waals surface area contributed by atoms with Crippen LogP contribution in [0, 0.1) is 0 Å². The normalized spacial score (nSPS) is 13.3. The molecule has 0 bridgehead atoms. The lowest BCUT2D eigenvalue weighted by Crippen LogP contribution is -2.06. The largest absolute Gasteiger partial charge is 0.397 e. The Bertz CT molecular complexity index is 496. The number of halogens is 1. The average Bonchev–Trinajstić information content (AvgIpc) is 2.57. The lowest BCUT2D eigenvalue weighted by Gasteiger charge is -2.12. The maximum absolute atomic E-state index is 5.83. The summed E-state index contributed by atoms with van der Waals surface area (Å²) < 4.78 is 6.82. The molecular weight excluding hydrogens is 216 g/mol. The summed E-state index contributed by atoms with van der Waals surface area (Å²) in [6, 6.07) is 0. The number of nitrogens with two attached hydrogens (primary N) is 1. The van der Waals surface area contributed by atoms with Crippen molar-refractivity contribution in [2.24, 2.45) is 0 Å². The summed E-state index contributed by atoms with van der Waals surface area (Å²) in [6.45, 7) is 1.90. The minimum absolute atomic E-state index is 0.144. The van der Waals surface area contributed by atoms with E-state index in [0.29, 0.717) is 16.5 Å². The first-order chi connectivity index (χ1) is 7.13. The van der Waals surface area contributed by atoms with Gasteiger partial charge in [0.05, 0.1) is 24.2 Å². The molecule has 0 aliphatic heterocycles. The lowest BCUT2D eigenvalue weighted by atomic mass is 10.1. The predicted molar refractivity (Wildman–Crippen MR) is 57.8 cm³/mol. The van der Waals surface area contributed by atoms with Crippen LogP contribution in [0.5, 0.6) is 0 Å². The highest BCUT2D eigenvalue weighted by Crippen LogP contribution is 2.26. The third-order valence-corrected chi connectivity index (χ3v) is 2.47. The van der Waals surface area contributed by atoms with Crippen molar-refractivity contribution in [3.63, 3.8) is 0 Å². The molecule has 1 atom stereocenters. The minimum atomic E-state index is -0.144. The van der Waals surface area contributed by atoms with Crippen LogP contribution in [-0.2, 0) is 4.74 Å². The standard InChI is InChI=1S/C9H11ClN4O/c1-5(15-2)8-6(11)3-12-14-4-7(10)13-9(8)14/h3-5H,11H2,1-2H3. The van der Waals surface area contributed by atoms with Gasteiger partial charge in [-0.15, -0.1) is 0 Å². The van der Waals surface area contributed by atoms with E-state index in [1.54, 1.807) is 24.0 Å². The van der Waals surface area contributed by atoms with Crippen LogP contribution in [0.2, 0.25) is 5.15 Å². The van der Waals surface area contributed by atoms with Crippen LogP contribution in [0.4, 0.5) is 5.69 Å². The number of imidazole rings is 1. The summed E-state index contributed by atoms with van der Waals surface area (Å²) in [5, 5.41) is 4.45. The van der Waals surface area contributed by atoms with Gasteiger partial charge in [-0.25, -0.2) is 9.50 Å². The van der Waals surface area contributed by atoms with Gasteiger partial charge in [-0.2, -0.15) is 5.10 Å². The molecule has 0 aromatic carbocycles. The van der Waals surface area contributed by atoms with Gasteiger partial charge in [0.25, 0.3) is 0 Å². The maximum atomic E-state index is 5.83. The minimum Gasteiger partial charge on any atom is -0.397 e. The number of aromatic nitrogens is 3. The molecule has 2 heterocycles. The second kappa shape index (κ2) is 3.67. The summed E-state index contributed by atoms with van der Waals surface area (Å²) in [4.78, 5) is 4.15. The van der Waals surface area contributed by atoms with Gasteiger partial charge in [-0.05, 0) is 6.92 Å². The molecular formula is C9H11ClN4O. The highest BCUT2D eigenvalue weighted by molar-refractivity contribution is 6.29. The van der Waals surface area contributed by atoms with E-state index in [-0.39, 0.29) is 6.10 Å². The van der Waals surface area contributed by atoms with Crippen LogP contribution in [0.3, 0.4) is 0 Å². The van der Waals surface area contributed by atoms with Gasteiger partial charge in [0, 0.05) is 12.7 Å². The lowest BCUT2D eigenvalue weighted by molar-refractivity contribution is 0.121. The smallest absolute Gasteiger partial charge is 0.163 e. The zero-order chi connectivity index (χ0) is 11.0. The molecule has 15 heavy (non-hydrogen) atoms. The summed E-state index contributed by atoms with van der Waals surface area (Å²) in [5.74, 6) is 0. The van der Waals surface area contributed by atoms with E-state index in [1.165, 1.54) is 0 Å². The zero-order valence-corrected chi connectivity index (χ0v) is 9.19. The summed E-state index contributed by atoms with van der Waals surface area (Å²) in [6.07, 6.45) is 3.05. The van der Waals surface area contributed by atoms with E-state index >= 15 is 0 Å². The molecule has 2 aromatic heterocycles. The molecule has 0 radical (unpaired) electrons. The second-order valence-electron chi connectivity index (χ2n) is 3.22. The van der Waals surface area contributed by atoms with Crippen LogP contribution < -0.4 is 5.73 Å². The van der Waals surface area contributed by atoms with Crippen LogP contribution in [0.25, 0.3) is 5.65 Å². The Morgan fingerprint density at radius 1 is 1.60 bits per heavy atom. The van der Waals surface area contributed by atoms with Crippen LogP contribution >= 0.6 is 11.6 Å². The number of ether oxygens (including phenoxy) is 1. The molecule has 0 aliphatic carbocycles. The Hall–Kier alpha value is -1.33. The van der Waals surface area contributed by atoms with Crippen molar-refractivity contribution in [1.29, 1.82) is 0 Å². The molecule has 0 saturated carbocycles. The summed E-state index contributed by atoms with van der Waals surface area (Å²) >= 11 is 5.80. The number of fused-ring (bicyclic) bond motifs is 1. The number of nitrogen functional groups attached to an aromatic ring is 1. The fourth-order valence-electron chi connectivity index (χ4n) is 1.47. The van der Waals surface area contributed by atoms with E-state index in [1.807, 2.05) is 6.92 Å². The van der Waals surface area contributed by atoms with Gasteiger partial charge in [0.1, 0.15) is 5.15 Å². The SMILES string of the molecule is COC(C)c1c(N)cnn2cc(Cl)nc12. The Balaban J connectivity index is 2.73. The van der Waals surface area contributed by atoms with E-state index in [2.05, 4.69) is 10.1 Å². The Kier molecular flexibility index (Phi) is 2.50. The molecule has 2 aromatic rings. The van der Waals surface area contributed by atoms with E-state index in [0.717, 1.165) is 5.56 Å². The molecule has 5 nitrogen and oxygen atoms in total. The predicted octanol–water partition coefficient (Wildman–Crippen LogP) is 1.67. The van der Waals surface area contributed by atoms with Gasteiger partial charge in [-0.1, -0.05) is 11.6 Å². The van der Waals surface area contributed by atoms with E-state index in [4.69, 9.17) is 22.1 Å². The first-order valence-corrected chi connectivity index (χ1v) is 4.83. The first-order valence-electron chi connectivity index (χ1n) is 4.45. The monoisotopic (exact) mass is 226 g/mol. The van der Waals surface area contributed by atoms with Crippen LogP contribution in [0.15, 0.2) is 12.4 Å². The van der Waals surface area contributed by atoms with Crippen molar-refractivity contribution in [3.05, 3.63) is 23.1 Å². The Morgan fingerprint density at radius 3 is 3.00 bits per heavy atom. The summed E-state index contributed by atoms with van der Waals surface area (Å²) in [5.41, 5.74) is 7.83. The Morgan fingerprint density at radius 2 is 2.33 bits per heavy atom. The number of rotatable bonds is 2. The van der Waals surface area contributed by atoms with Crippen molar-refractivity contribution in [2.45, 2.75) is 13.0 Å². The molecule has 0 saturated heterocycles. The van der Waals surface area contributed by atoms with Gasteiger partial charge in [0.2, 0.25) is 0 Å². The van der Waals surface area contributed by atoms with Crippen molar-refractivity contribution >= 4 is 22.9 Å². The quantitative estimate of drug-likeness (QED) is 0.846. The second-order valence-corrected chi connectivity index (χ2v) is 3.61. The summed E-state index contributed by atoms with van der Waals surface area (Å²) in [7, 11) is 1.62. The molecule has 0 spiro atoms. The number of hydrogen-bond donors (Lipinski definition) is 1. The van der Waals surface area contributed by atoms with Gasteiger partial charge in [0.15, 0.2) is 5.65 Å².